The number of amides is 1. The first kappa shape index (κ1) is 34.2. The van der Waals surface area contributed by atoms with E-state index in [1.165, 1.54) is 13.2 Å². The number of aryl methyl sites for hydroxylation is 1. The molecule has 3 heterocycles. The second-order valence-corrected chi connectivity index (χ2v) is 11.3. The number of rotatable bonds is 15. The Balaban J connectivity index is 1.66. The van der Waals surface area contributed by atoms with Crippen LogP contribution in [0.3, 0.4) is 0 Å². The van der Waals surface area contributed by atoms with Crippen LogP contribution in [-0.4, -0.2) is 110 Å². The van der Waals surface area contributed by atoms with Crippen LogP contribution in [0.15, 0.2) is 41.8 Å². The van der Waals surface area contributed by atoms with E-state index >= 15 is 0 Å². The van der Waals surface area contributed by atoms with E-state index in [4.69, 9.17) is 35.5 Å². The van der Waals surface area contributed by atoms with Gasteiger partial charge in [0.05, 0.1) is 39.1 Å². The smallest absolute Gasteiger partial charge is 0.260 e. The third kappa shape index (κ3) is 8.12. The summed E-state index contributed by atoms with van der Waals surface area (Å²) >= 11 is 6.73. The number of aromatic nitrogens is 3. The highest BCUT2D eigenvalue weighted by molar-refractivity contribution is 6.35. The standard InChI is InChI=1S/C32H43ClN6O6/c1-7-28(40)37-19-21(2)38(22(3)20-37)10-8-11-39-30-23(18-35-32(36-30)34-9-12-45-14-13-42-4)15-26(31(39)41)25-16-24(43-5)17-27(44-6)29(25)33/h7,15-18,21-22H,1,8-14,19-20H2,2-6H3,(H,34,35,36). The zero-order chi connectivity index (χ0) is 32.5. The summed E-state index contributed by atoms with van der Waals surface area (Å²) in [5.74, 6) is 1.25. The lowest BCUT2D eigenvalue weighted by molar-refractivity contribution is -0.130. The number of benzene rings is 1. The molecule has 1 saturated heterocycles. The monoisotopic (exact) mass is 642 g/mol. The van der Waals surface area contributed by atoms with Crippen molar-refractivity contribution in [1.82, 2.24) is 24.3 Å². The molecule has 1 fully saturated rings. The van der Waals surface area contributed by atoms with Crippen LogP contribution in [0.5, 0.6) is 11.5 Å². The molecule has 4 rings (SSSR count). The highest BCUT2D eigenvalue weighted by atomic mass is 35.5. The molecular weight excluding hydrogens is 600 g/mol. The zero-order valence-corrected chi connectivity index (χ0v) is 27.4. The second-order valence-electron chi connectivity index (χ2n) is 10.9. The maximum Gasteiger partial charge on any atom is 0.260 e. The molecule has 1 aliphatic heterocycles. The summed E-state index contributed by atoms with van der Waals surface area (Å²) in [5, 5.41) is 4.17. The lowest BCUT2D eigenvalue weighted by Crippen LogP contribution is -2.58. The molecule has 2 atom stereocenters. The van der Waals surface area contributed by atoms with Crippen LogP contribution in [0.25, 0.3) is 22.2 Å². The fourth-order valence-electron chi connectivity index (χ4n) is 5.68. The van der Waals surface area contributed by atoms with Crippen LogP contribution in [0.2, 0.25) is 5.02 Å². The minimum Gasteiger partial charge on any atom is -0.497 e. The van der Waals surface area contributed by atoms with Gasteiger partial charge in [0, 0.05) is 80.7 Å². The van der Waals surface area contributed by atoms with Gasteiger partial charge in [-0.2, -0.15) is 4.98 Å². The third-order valence-corrected chi connectivity index (χ3v) is 8.32. The summed E-state index contributed by atoms with van der Waals surface area (Å²) in [6.45, 7) is 12.2. The van der Waals surface area contributed by atoms with E-state index in [2.05, 4.69) is 35.6 Å². The normalized spacial score (nSPS) is 17.0. The molecule has 0 bridgehead atoms. The van der Waals surface area contributed by atoms with Crippen LogP contribution in [0.1, 0.15) is 20.3 Å². The molecule has 1 aliphatic rings. The maximum absolute atomic E-state index is 14.2. The van der Waals surface area contributed by atoms with Crippen molar-refractivity contribution in [2.24, 2.45) is 0 Å². The van der Waals surface area contributed by atoms with E-state index < -0.39 is 0 Å². The highest BCUT2D eigenvalue weighted by Gasteiger charge is 2.30. The van der Waals surface area contributed by atoms with Crippen molar-refractivity contribution in [2.75, 3.05) is 72.6 Å². The molecule has 244 valence electrons. The number of piperazine rings is 1. The van der Waals surface area contributed by atoms with Crippen molar-refractivity contribution in [1.29, 1.82) is 0 Å². The van der Waals surface area contributed by atoms with Gasteiger partial charge in [-0.1, -0.05) is 18.2 Å². The van der Waals surface area contributed by atoms with Gasteiger partial charge in [0.1, 0.15) is 17.1 Å². The number of anilines is 1. The summed E-state index contributed by atoms with van der Waals surface area (Å²) in [7, 11) is 4.69. The summed E-state index contributed by atoms with van der Waals surface area (Å²) < 4.78 is 23.2. The van der Waals surface area contributed by atoms with Crippen molar-refractivity contribution in [2.45, 2.75) is 38.9 Å². The summed E-state index contributed by atoms with van der Waals surface area (Å²) in [6.07, 6.45) is 3.74. The van der Waals surface area contributed by atoms with Gasteiger partial charge in [-0.25, -0.2) is 4.98 Å². The Kier molecular flexibility index (Phi) is 12.2. The molecule has 0 spiro atoms. The number of nitrogens with one attached hydrogen (secondary N) is 1. The molecule has 13 heteroatoms. The van der Waals surface area contributed by atoms with E-state index in [-0.39, 0.29) is 23.6 Å². The number of hydrogen-bond donors (Lipinski definition) is 1. The van der Waals surface area contributed by atoms with Crippen LogP contribution >= 0.6 is 11.6 Å². The van der Waals surface area contributed by atoms with Crippen LogP contribution < -0.4 is 20.3 Å². The van der Waals surface area contributed by atoms with Crippen molar-refractivity contribution in [3.8, 4) is 22.6 Å². The molecule has 1 amide bonds. The molecule has 2 unspecified atom stereocenters. The topological polar surface area (TPSA) is 120 Å². The average molecular weight is 643 g/mol. The Morgan fingerprint density at radius 3 is 2.49 bits per heavy atom. The molecule has 0 aliphatic carbocycles. The lowest BCUT2D eigenvalue weighted by Gasteiger charge is -2.44. The fourth-order valence-corrected chi connectivity index (χ4v) is 5.96. The van der Waals surface area contributed by atoms with Gasteiger partial charge in [-0.15, -0.1) is 0 Å². The molecular formula is C32H43ClN6O6. The second kappa shape index (κ2) is 16.0. The Labute approximate surface area is 268 Å². The average Bonchev–Trinajstić information content (AvgIpc) is 3.04. The first-order valence-electron chi connectivity index (χ1n) is 15.0. The number of fused-ring (bicyclic) bond motifs is 1. The minimum atomic E-state index is -0.241. The highest BCUT2D eigenvalue weighted by Crippen LogP contribution is 2.38. The first-order chi connectivity index (χ1) is 21.7. The van der Waals surface area contributed by atoms with E-state index in [0.29, 0.717) is 97.1 Å². The van der Waals surface area contributed by atoms with Gasteiger partial charge >= 0.3 is 0 Å². The Bertz CT molecular complexity index is 1540. The number of methoxy groups -OCH3 is 3. The van der Waals surface area contributed by atoms with E-state index in [1.807, 2.05) is 4.90 Å². The number of hydrogen-bond acceptors (Lipinski definition) is 10. The fraction of sp³-hybridized carbons (Fsp3) is 0.500. The van der Waals surface area contributed by atoms with Crippen LogP contribution in [0.4, 0.5) is 5.95 Å². The van der Waals surface area contributed by atoms with Crippen molar-refractivity contribution >= 4 is 34.5 Å². The molecule has 1 N–H and O–H groups in total. The van der Waals surface area contributed by atoms with Crippen LogP contribution in [0, 0.1) is 0 Å². The van der Waals surface area contributed by atoms with E-state index in [0.717, 1.165) is 6.54 Å². The first-order valence-corrected chi connectivity index (χ1v) is 15.4. The van der Waals surface area contributed by atoms with Crippen molar-refractivity contribution in [3.63, 3.8) is 0 Å². The zero-order valence-electron chi connectivity index (χ0n) is 26.7. The number of ether oxygens (including phenoxy) is 4. The number of nitrogens with zero attached hydrogens (tertiary/aromatic N) is 5. The Hall–Kier alpha value is -3.71. The quantitative estimate of drug-likeness (QED) is 0.194. The Morgan fingerprint density at radius 2 is 1.82 bits per heavy atom. The lowest BCUT2D eigenvalue weighted by atomic mass is 10.0. The SMILES string of the molecule is C=CC(=O)N1CC(C)N(CCCn2c(=O)c(-c3cc(OC)cc(OC)c3Cl)cc3cnc(NCCOCCOC)nc32)C(C)C1. The minimum absolute atomic E-state index is 0.0540. The Morgan fingerprint density at radius 1 is 1.07 bits per heavy atom. The number of carbonyl (C=O) groups excluding carboxylic acids is 1. The molecule has 12 nitrogen and oxygen atoms in total. The van der Waals surface area contributed by atoms with Crippen LogP contribution in [-0.2, 0) is 20.8 Å². The predicted octanol–water partition coefficient (Wildman–Crippen LogP) is 3.70. The van der Waals surface area contributed by atoms with Gasteiger partial charge in [-0.05, 0) is 38.5 Å². The molecule has 3 aromatic rings. The molecule has 2 aromatic heterocycles. The van der Waals surface area contributed by atoms with Crippen molar-refractivity contribution in [3.05, 3.63) is 52.4 Å². The number of halogens is 1. The van der Waals surface area contributed by atoms with Gasteiger partial charge in [0.25, 0.3) is 5.56 Å². The molecule has 1 aromatic carbocycles. The van der Waals surface area contributed by atoms with Crippen molar-refractivity contribution < 1.29 is 23.7 Å². The van der Waals surface area contributed by atoms with Gasteiger partial charge in [0.15, 0.2) is 0 Å². The number of carbonyl (C=O) groups is 1. The number of pyridine rings is 1. The molecule has 0 saturated carbocycles. The maximum atomic E-state index is 14.2. The van der Waals surface area contributed by atoms with E-state index in [9.17, 15) is 9.59 Å². The summed E-state index contributed by atoms with van der Waals surface area (Å²) in [5.41, 5.74) is 1.15. The predicted molar refractivity (Wildman–Crippen MR) is 176 cm³/mol. The summed E-state index contributed by atoms with van der Waals surface area (Å²) in [4.78, 5) is 39.9. The van der Waals surface area contributed by atoms with Gasteiger partial charge < -0.3 is 29.2 Å². The molecule has 0 radical (unpaired) electrons. The molecule has 45 heavy (non-hydrogen) atoms. The largest absolute Gasteiger partial charge is 0.497 e. The van der Waals surface area contributed by atoms with Gasteiger partial charge in [-0.3, -0.25) is 19.1 Å². The van der Waals surface area contributed by atoms with Gasteiger partial charge in [0.2, 0.25) is 11.9 Å². The third-order valence-electron chi connectivity index (χ3n) is 7.93. The van der Waals surface area contributed by atoms with E-state index in [1.54, 1.807) is 43.2 Å². The summed E-state index contributed by atoms with van der Waals surface area (Å²) in [6, 6.07) is 5.47.